The molecule has 1 aliphatic carbocycles. The summed E-state index contributed by atoms with van der Waals surface area (Å²) in [5, 5.41) is 28.3. The third kappa shape index (κ3) is 7.07. The fourth-order valence-corrected chi connectivity index (χ4v) is 5.20. The third-order valence-electron chi connectivity index (χ3n) is 7.87. The number of aromatic nitrogens is 7. The van der Waals surface area contributed by atoms with Crippen LogP contribution in [0.1, 0.15) is 42.5 Å². The van der Waals surface area contributed by atoms with Gasteiger partial charge in [0.15, 0.2) is 11.6 Å². The van der Waals surface area contributed by atoms with E-state index >= 15 is 0 Å². The number of nitrogens with one attached hydrogen (secondary N) is 2. The van der Waals surface area contributed by atoms with Crippen molar-refractivity contribution in [3.63, 3.8) is 0 Å². The minimum atomic E-state index is -4.55. The molecular formula is C33H33F3N10. The van der Waals surface area contributed by atoms with Crippen LogP contribution in [0, 0.1) is 24.2 Å². The maximum atomic E-state index is 13.9. The Balaban J connectivity index is 1.40. The first-order chi connectivity index (χ1) is 22.2. The van der Waals surface area contributed by atoms with Gasteiger partial charge in [0.1, 0.15) is 12.1 Å². The lowest BCUT2D eigenvalue weighted by atomic mass is 9.96. The summed E-state index contributed by atoms with van der Waals surface area (Å²) in [6, 6.07) is 13.1. The van der Waals surface area contributed by atoms with Crippen LogP contribution >= 0.6 is 0 Å². The molecule has 236 valence electrons. The SMILES string of the molecule is Cc1ccc(CNCC2CC2)nc1-c1cnn(-c2cc(-c3cc(C(F)(F)F)ccc3-c3nncn3C)cc(NCCCC#N)n2)c1. The van der Waals surface area contributed by atoms with Crippen molar-refractivity contribution < 1.29 is 13.2 Å². The molecule has 10 nitrogen and oxygen atoms in total. The zero-order chi connectivity index (χ0) is 32.3. The standard InChI is InChI=1S/C33H33F3N10/c1-21-5-9-26(18-38-16-22-6-7-22)42-31(21)24-17-41-46(19-24)30-14-23(13-29(43-30)39-12-4-3-11-37)28-15-25(33(34,35)36)8-10-27(28)32-44-40-20-45(32)2/h5,8-10,13-15,17,19-20,22,38H,3-4,6-7,12,16,18H2,1-2H3,(H,39,43). The van der Waals surface area contributed by atoms with Crippen molar-refractivity contribution in [1.29, 1.82) is 5.26 Å². The molecule has 0 saturated heterocycles. The molecule has 1 saturated carbocycles. The predicted octanol–water partition coefficient (Wildman–Crippen LogP) is 6.33. The Hall–Kier alpha value is -5.09. The fourth-order valence-electron chi connectivity index (χ4n) is 5.20. The molecular weight excluding hydrogens is 593 g/mol. The van der Waals surface area contributed by atoms with Gasteiger partial charge in [-0.2, -0.15) is 23.5 Å². The highest BCUT2D eigenvalue weighted by atomic mass is 19.4. The van der Waals surface area contributed by atoms with Gasteiger partial charge in [-0.15, -0.1) is 10.2 Å². The number of alkyl halides is 3. The Morgan fingerprint density at radius 2 is 1.89 bits per heavy atom. The van der Waals surface area contributed by atoms with Gasteiger partial charge in [0.25, 0.3) is 0 Å². The van der Waals surface area contributed by atoms with Gasteiger partial charge in [-0.25, -0.2) is 9.67 Å². The molecule has 1 fully saturated rings. The predicted molar refractivity (Wildman–Crippen MR) is 168 cm³/mol. The smallest absolute Gasteiger partial charge is 0.370 e. The number of pyridine rings is 2. The monoisotopic (exact) mass is 626 g/mol. The molecule has 46 heavy (non-hydrogen) atoms. The normalized spacial score (nSPS) is 13.1. The molecule has 2 N–H and O–H groups in total. The summed E-state index contributed by atoms with van der Waals surface area (Å²) in [5.74, 6) is 2.01. The van der Waals surface area contributed by atoms with Crippen molar-refractivity contribution in [3.8, 4) is 45.7 Å². The van der Waals surface area contributed by atoms with Gasteiger partial charge in [-0.1, -0.05) is 6.07 Å². The van der Waals surface area contributed by atoms with Crippen LogP contribution in [0.25, 0.3) is 39.6 Å². The second kappa shape index (κ2) is 13.1. The van der Waals surface area contributed by atoms with E-state index in [-0.39, 0.29) is 0 Å². The fraction of sp³-hybridized carbons (Fsp3) is 0.333. The summed E-state index contributed by atoms with van der Waals surface area (Å²) < 4.78 is 45.0. The highest BCUT2D eigenvalue weighted by Gasteiger charge is 2.32. The van der Waals surface area contributed by atoms with Crippen LogP contribution in [0.4, 0.5) is 19.0 Å². The third-order valence-corrected chi connectivity index (χ3v) is 7.87. The van der Waals surface area contributed by atoms with Gasteiger partial charge >= 0.3 is 6.18 Å². The minimum absolute atomic E-state index is 0.311. The highest BCUT2D eigenvalue weighted by molar-refractivity contribution is 5.83. The van der Waals surface area contributed by atoms with Crippen LogP contribution in [0.3, 0.4) is 0 Å². The van der Waals surface area contributed by atoms with E-state index < -0.39 is 11.7 Å². The number of nitrogens with zero attached hydrogens (tertiary/aromatic N) is 8. The number of halogens is 3. The number of anilines is 1. The topological polar surface area (TPSA) is 122 Å². The zero-order valence-corrected chi connectivity index (χ0v) is 25.5. The molecule has 0 unspecified atom stereocenters. The molecule has 0 bridgehead atoms. The molecule has 0 radical (unpaired) electrons. The molecule has 4 aromatic heterocycles. The number of aryl methyl sites for hydroxylation is 2. The van der Waals surface area contributed by atoms with Gasteiger partial charge in [0, 0.05) is 43.9 Å². The highest BCUT2D eigenvalue weighted by Crippen LogP contribution is 2.38. The van der Waals surface area contributed by atoms with Crippen LogP contribution in [0.15, 0.2) is 61.2 Å². The lowest BCUT2D eigenvalue weighted by molar-refractivity contribution is -0.137. The minimum Gasteiger partial charge on any atom is -0.370 e. The van der Waals surface area contributed by atoms with Gasteiger partial charge in [-0.3, -0.25) is 4.98 Å². The zero-order valence-electron chi connectivity index (χ0n) is 25.5. The Morgan fingerprint density at radius 1 is 1.04 bits per heavy atom. The Kier molecular flexibility index (Phi) is 8.81. The number of rotatable bonds is 12. The van der Waals surface area contributed by atoms with Crippen molar-refractivity contribution in [2.45, 2.75) is 45.3 Å². The van der Waals surface area contributed by atoms with Crippen LogP contribution in [0.2, 0.25) is 0 Å². The summed E-state index contributed by atoms with van der Waals surface area (Å²) in [6.07, 6.45) is 3.96. The summed E-state index contributed by atoms with van der Waals surface area (Å²) in [4.78, 5) is 9.63. The Labute approximate surface area is 264 Å². The second-order valence-electron chi connectivity index (χ2n) is 11.5. The molecule has 0 atom stereocenters. The van der Waals surface area contributed by atoms with E-state index in [4.69, 9.17) is 15.2 Å². The number of unbranched alkanes of at least 4 members (excludes halogenated alkanes) is 1. The second-order valence-corrected chi connectivity index (χ2v) is 11.5. The molecule has 1 aromatic carbocycles. The number of nitriles is 1. The average Bonchev–Trinajstić information content (AvgIpc) is 3.55. The van der Waals surface area contributed by atoms with Crippen LogP contribution in [-0.4, -0.2) is 47.6 Å². The van der Waals surface area contributed by atoms with E-state index in [9.17, 15) is 13.2 Å². The first-order valence-corrected chi connectivity index (χ1v) is 15.1. The lowest BCUT2D eigenvalue weighted by Gasteiger charge is -2.16. The molecule has 4 heterocycles. The maximum Gasteiger partial charge on any atom is 0.416 e. The first kappa shape index (κ1) is 30.9. The summed E-state index contributed by atoms with van der Waals surface area (Å²) in [7, 11) is 1.73. The van der Waals surface area contributed by atoms with Crippen molar-refractivity contribution in [3.05, 3.63) is 78.0 Å². The Morgan fingerprint density at radius 3 is 2.63 bits per heavy atom. The molecule has 1 aliphatic rings. The summed E-state index contributed by atoms with van der Waals surface area (Å²) in [5.41, 5.74) is 3.99. The number of hydrogen-bond donors (Lipinski definition) is 2. The van der Waals surface area contributed by atoms with E-state index in [1.807, 2.05) is 25.3 Å². The lowest BCUT2D eigenvalue weighted by Crippen LogP contribution is -2.17. The molecule has 0 spiro atoms. The van der Waals surface area contributed by atoms with Crippen LogP contribution < -0.4 is 10.6 Å². The van der Waals surface area contributed by atoms with Crippen molar-refractivity contribution in [1.82, 2.24) is 39.8 Å². The average molecular weight is 627 g/mol. The van der Waals surface area contributed by atoms with Crippen LogP contribution in [0.5, 0.6) is 0 Å². The molecule has 0 amide bonds. The van der Waals surface area contributed by atoms with Gasteiger partial charge in [0.05, 0.1) is 29.2 Å². The van der Waals surface area contributed by atoms with Crippen molar-refractivity contribution >= 4 is 5.82 Å². The number of hydrogen-bond acceptors (Lipinski definition) is 8. The van der Waals surface area contributed by atoms with Crippen LogP contribution in [-0.2, 0) is 19.8 Å². The first-order valence-electron chi connectivity index (χ1n) is 15.1. The van der Waals surface area contributed by atoms with E-state index in [1.165, 1.54) is 25.2 Å². The van der Waals surface area contributed by atoms with E-state index in [0.717, 1.165) is 47.1 Å². The van der Waals surface area contributed by atoms with Crippen molar-refractivity contribution in [2.75, 3.05) is 18.4 Å². The van der Waals surface area contributed by atoms with Gasteiger partial charge in [0.2, 0.25) is 0 Å². The van der Waals surface area contributed by atoms with E-state index in [1.54, 1.807) is 34.6 Å². The molecule has 0 aliphatic heterocycles. The van der Waals surface area contributed by atoms with E-state index in [0.29, 0.717) is 60.1 Å². The molecule has 6 rings (SSSR count). The largest absolute Gasteiger partial charge is 0.416 e. The van der Waals surface area contributed by atoms with Gasteiger partial charge < -0.3 is 15.2 Å². The van der Waals surface area contributed by atoms with E-state index in [2.05, 4.69) is 32.0 Å². The van der Waals surface area contributed by atoms with Gasteiger partial charge in [-0.05, 0) is 91.7 Å². The quantitative estimate of drug-likeness (QED) is 0.154. The van der Waals surface area contributed by atoms with Crippen molar-refractivity contribution in [2.24, 2.45) is 13.0 Å². The summed E-state index contributed by atoms with van der Waals surface area (Å²) in [6.45, 7) is 4.11. The number of benzene rings is 1. The summed E-state index contributed by atoms with van der Waals surface area (Å²) >= 11 is 0. The Bertz CT molecular complexity index is 1880. The molecule has 13 heteroatoms. The maximum absolute atomic E-state index is 13.9. The molecule has 5 aromatic rings.